The molecule has 0 aliphatic carbocycles. The van der Waals surface area contributed by atoms with Gasteiger partial charge in [0.05, 0.1) is 5.52 Å². The summed E-state index contributed by atoms with van der Waals surface area (Å²) in [4.78, 5) is 27.4. The molecule has 3 N–H and O–H groups in total. The normalized spacial score (nSPS) is 13.9. The van der Waals surface area contributed by atoms with Gasteiger partial charge < -0.3 is 33.9 Å². The molecule has 3 rings (SSSR count). The molecule has 1 unspecified atom stereocenters. The minimum absolute atomic E-state index is 0.0222. The molecule has 0 aliphatic heterocycles. The fourth-order valence-electron chi connectivity index (χ4n) is 5.43. The van der Waals surface area contributed by atoms with Crippen molar-refractivity contribution >= 4 is 36.5 Å². The van der Waals surface area contributed by atoms with Crippen molar-refractivity contribution in [1.82, 2.24) is 15.6 Å². The highest BCUT2D eigenvalue weighted by molar-refractivity contribution is 6.26. The molecule has 9 nitrogen and oxygen atoms in total. The average Bonchev–Trinajstić information content (AvgIpc) is 2.98. The Hall–Kier alpha value is -2.97. The van der Waals surface area contributed by atoms with E-state index in [1.54, 1.807) is 6.07 Å². The van der Waals surface area contributed by atoms with Crippen molar-refractivity contribution in [1.29, 1.82) is 0 Å². The van der Waals surface area contributed by atoms with Crippen molar-refractivity contribution in [3.8, 4) is 5.75 Å². The molecule has 11 heteroatoms. The molecule has 0 spiro atoms. The van der Waals surface area contributed by atoms with Crippen LogP contribution in [0.2, 0.25) is 13.1 Å². The van der Waals surface area contributed by atoms with E-state index in [9.17, 15) is 9.59 Å². The SMILES string of the molecule is C[SiH2]OC(O[SiH2]C)C(C)(C)C(CNCCCCCNC(=O)OC(C)(C)C)c1ccc(OCc2ccccc2)c2[nH]c(=O)ccc12. The Kier molecular flexibility index (Phi) is 14.3. The summed E-state index contributed by atoms with van der Waals surface area (Å²) in [5, 5.41) is 7.48. The Morgan fingerprint density at radius 2 is 1.58 bits per heavy atom. The number of rotatable bonds is 18. The van der Waals surface area contributed by atoms with E-state index in [1.807, 2.05) is 63.2 Å². The van der Waals surface area contributed by atoms with Gasteiger partial charge in [-0.15, -0.1) is 0 Å². The molecule has 0 fully saturated rings. The van der Waals surface area contributed by atoms with Crippen molar-refractivity contribution in [2.45, 2.75) is 91.4 Å². The van der Waals surface area contributed by atoms with Gasteiger partial charge in [-0.05, 0) is 63.4 Å². The molecule has 248 valence electrons. The lowest BCUT2D eigenvalue weighted by atomic mass is 9.73. The van der Waals surface area contributed by atoms with Gasteiger partial charge in [0.1, 0.15) is 24.2 Å². The highest BCUT2D eigenvalue weighted by Gasteiger charge is 2.40. The van der Waals surface area contributed by atoms with Crippen molar-refractivity contribution in [2.24, 2.45) is 5.41 Å². The van der Waals surface area contributed by atoms with E-state index >= 15 is 0 Å². The van der Waals surface area contributed by atoms with Crippen LogP contribution in [0.25, 0.3) is 10.9 Å². The number of fused-ring (bicyclic) bond motifs is 1. The molecule has 2 aromatic carbocycles. The number of aromatic amines is 1. The second-order valence-electron chi connectivity index (χ2n) is 12.8. The first-order valence-electron chi connectivity index (χ1n) is 16.2. The summed E-state index contributed by atoms with van der Waals surface area (Å²) < 4.78 is 24.2. The van der Waals surface area contributed by atoms with Crippen LogP contribution in [0.5, 0.6) is 5.75 Å². The number of unbranched alkanes of at least 4 members (excludes halogenated alkanes) is 2. The van der Waals surface area contributed by atoms with Crippen LogP contribution in [-0.2, 0) is 20.2 Å². The van der Waals surface area contributed by atoms with E-state index in [0.29, 0.717) is 31.0 Å². The summed E-state index contributed by atoms with van der Waals surface area (Å²) in [6.07, 6.45) is 2.16. The number of hydrogen-bond donors (Lipinski definition) is 3. The zero-order valence-corrected chi connectivity index (χ0v) is 31.0. The maximum Gasteiger partial charge on any atom is 0.407 e. The lowest BCUT2D eigenvalue weighted by Gasteiger charge is -2.41. The summed E-state index contributed by atoms with van der Waals surface area (Å²) >= 11 is 0. The molecule has 1 atom stereocenters. The smallest absolute Gasteiger partial charge is 0.407 e. The molecule has 0 saturated heterocycles. The van der Waals surface area contributed by atoms with E-state index in [0.717, 1.165) is 42.3 Å². The zero-order chi connectivity index (χ0) is 32.9. The van der Waals surface area contributed by atoms with Crippen molar-refractivity contribution in [3.05, 3.63) is 76.1 Å². The molecule has 3 aromatic rings. The number of amides is 1. The zero-order valence-electron chi connectivity index (χ0n) is 28.2. The third-order valence-electron chi connectivity index (χ3n) is 7.69. The van der Waals surface area contributed by atoms with Crippen LogP contribution >= 0.6 is 0 Å². The Labute approximate surface area is 273 Å². The van der Waals surface area contributed by atoms with E-state index in [-0.39, 0.29) is 29.3 Å². The quantitative estimate of drug-likeness (QED) is 0.0991. The van der Waals surface area contributed by atoms with Gasteiger partial charge in [0, 0.05) is 35.9 Å². The van der Waals surface area contributed by atoms with Crippen LogP contribution in [0.1, 0.15) is 70.9 Å². The van der Waals surface area contributed by atoms with E-state index in [4.69, 9.17) is 18.3 Å². The maximum absolute atomic E-state index is 12.5. The lowest BCUT2D eigenvalue weighted by molar-refractivity contribution is -0.0900. The monoisotopic (exact) mass is 655 g/mol. The molecule has 0 aliphatic rings. The number of hydrogen-bond acceptors (Lipinski definition) is 7. The van der Waals surface area contributed by atoms with Crippen LogP contribution < -0.4 is 20.9 Å². The van der Waals surface area contributed by atoms with Crippen LogP contribution in [-0.4, -0.2) is 62.1 Å². The molecular weight excluding hydrogens is 603 g/mol. The number of H-pyrrole nitrogens is 1. The first-order valence-corrected chi connectivity index (χ1v) is 20.2. The first kappa shape index (κ1) is 36.5. The summed E-state index contributed by atoms with van der Waals surface area (Å²) in [5.41, 5.74) is 1.84. The number of carbonyl (C=O) groups is 1. The number of pyridine rings is 1. The fourth-order valence-corrected chi connectivity index (χ4v) is 7.28. The molecule has 45 heavy (non-hydrogen) atoms. The molecular formula is C34H53N3O6Si2. The number of aromatic nitrogens is 1. The van der Waals surface area contributed by atoms with Gasteiger partial charge in [0.15, 0.2) is 19.5 Å². The average molecular weight is 656 g/mol. The van der Waals surface area contributed by atoms with Crippen LogP contribution in [0, 0.1) is 5.41 Å². The minimum Gasteiger partial charge on any atom is -0.487 e. The topological polar surface area (TPSA) is 111 Å². The van der Waals surface area contributed by atoms with Gasteiger partial charge in [-0.2, -0.15) is 0 Å². The first-order chi connectivity index (χ1) is 21.5. The van der Waals surface area contributed by atoms with E-state index in [1.165, 1.54) is 0 Å². The largest absolute Gasteiger partial charge is 0.487 e. The number of nitrogens with one attached hydrogen (secondary N) is 3. The highest BCUT2D eigenvalue weighted by atomic mass is 28.2. The number of benzene rings is 2. The Balaban J connectivity index is 1.78. The van der Waals surface area contributed by atoms with Crippen LogP contribution in [0.3, 0.4) is 0 Å². The van der Waals surface area contributed by atoms with Gasteiger partial charge in [0.2, 0.25) is 5.56 Å². The number of ether oxygens (including phenoxy) is 2. The van der Waals surface area contributed by atoms with Gasteiger partial charge in [0.25, 0.3) is 0 Å². The van der Waals surface area contributed by atoms with Gasteiger partial charge in [-0.25, -0.2) is 4.79 Å². The molecule has 1 amide bonds. The number of carbonyl (C=O) groups excluding carboxylic acids is 1. The van der Waals surface area contributed by atoms with Gasteiger partial charge >= 0.3 is 6.09 Å². The molecule has 0 bridgehead atoms. The van der Waals surface area contributed by atoms with Crippen LogP contribution in [0.4, 0.5) is 4.79 Å². The third kappa shape index (κ3) is 11.4. The van der Waals surface area contributed by atoms with Crippen molar-refractivity contribution in [3.63, 3.8) is 0 Å². The van der Waals surface area contributed by atoms with Gasteiger partial charge in [-0.1, -0.05) is 69.8 Å². The van der Waals surface area contributed by atoms with Crippen molar-refractivity contribution in [2.75, 3.05) is 19.6 Å². The lowest BCUT2D eigenvalue weighted by Crippen LogP contribution is -2.44. The van der Waals surface area contributed by atoms with Gasteiger partial charge in [-0.3, -0.25) is 4.79 Å². The summed E-state index contributed by atoms with van der Waals surface area (Å²) in [6.45, 7) is 16.8. The van der Waals surface area contributed by atoms with Crippen molar-refractivity contribution < 1.29 is 23.1 Å². The molecule has 1 aromatic heterocycles. The molecule has 0 saturated carbocycles. The summed E-state index contributed by atoms with van der Waals surface area (Å²) in [6, 6.07) is 17.6. The number of alkyl carbamates (subject to hydrolysis) is 1. The Bertz CT molecular complexity index is 1390. The summed E-state index contributed by atoms with van der Waals surface area (Å²) in [5.74, 6) is 0.666. The van der Waals surface area contributed by atoms with Crippen LogP contribution in [0.15, 0.2) is 59.4 Å². The maximum atomic E-state index is 12.5. The summed E-state index contributed by atoms with van der Waals surface area (Å²) in [7, 11) is -1.42. The second kappa shape index (κ2) is 17.7. The Morgan fingerprint density at radius 1 is 0.889 bits per heavy atom. The van der Waals surface area contributed by atoms with E-state index in [2.05, 4.69) is 48.6 Å². The predicted octanol–water partition coefficient (Wildman–Crippen LogP) is 5.12. The Morgan fingerprint density at radius 3 is 2.24 bits per heavy atom. The third-order valence-corrected chi connectivity index (χ3v) is 8.96. The standard InChI is InChI=1S/C34H53N3O6Si2/c1-33(2,3)41-32(39)36-21-13-9-12-20-35-22-27(34(4,5)31(42-44-6)43-45-7)25-16-18-28(30-26(25)17-19-29(38)37-30)40-23-24-14-10-8-11-15-24/h8,10-11,14-19,27,31,35H,9,12-13,20-23,44-45H2,1-7H3,(H,36,39)(H,37,38). The fraction of sp³-hybridized carbons (Fsp3) is 0.529. The minimum atomic E-state index is -0.712. The second-order valence-corrected chi connectivity index (χ2v) is 14.7. The highest BCUT2D eigenvalue weighted by Crippen LogP contribution is 2.43. The van der Waals surface area contributed by atoms with E-state index < -0.39 is 25.1 Å². The molecule has 1 heterocycles. The molecule has 0 radical (unpaired) electrons. The predicted molar refractivity (Wildman–Crippen MR) is 188 cm³/mol.